The molecule has 0 saturated carbocycles. The van der Waals surface area contributed by atoms with Crippen molar-refractivity contribution >= 4 is 35.1 Å². The van der Waals surface area contributed by atoms with Crippen LogP contribution in [0.3, 0.4) is 0 Å². The fourth-order valence-corrected chi connectivity index (χ4v) is 3.77. The Labute approximate surface area is 182 Å². The Morgan fingerprint density at radius 1 is 1.13 bits per heavy atom. The van der Waals surface area contributed by atoms with Crippen LogP contribution in [0.2, 0.25) is 5.02 Å². The lowest BCUT2D eigenvalue weighted by atomic mass is 10.1. The highest BCUT2D eigenvalue weighted by atomic mass is 35.5. The van der Waals surface area contributed by atoms with E-state index in [1.165, 1.54) is 11.8 Å². The summed E-state index contributed by atoms with van der Waals surface area (Å²) in [7, 11) is 0. The van der Waals surface area contributed by atoms with Gasteiger partial charge in [0.15, 0.2) is 16.8 Å². The van der Waals surface area contributed by atoms with Crippen LogP contribution >= 0.6 is 23.4 Å². The largest absolute Gasteiger partial charge is 0.360 e. The average Bonchev–Trinajstić information content (AvgIpc) is 3.33. The second-order valence-corrected chi connectivity index (χ2v) is 8.03. The molecule has 2 aromatic carbocycles. The summed E-state index contributed by atoms with van der Waals surface area (Å²) in [5.74, 6) is 1.64. The molecule has 0 saturated heterocycles. The lowest BCUT2D eigenvalue weighted by Crippen LogP contribution is -2.14. The molecule has 1 N–H and O–H groups in total. The molecule has 30 heavy (non-hydrogen) atoms. The van der Waals surface area contributed by atoms with Gasteiger partial charge in [0.05, 0.1) is 5.75 Å². The van der Waals surface area contributed by atoms with Crippen LogP contribution in [0.5, 0.6) is 0 Å². The second kappa shape index (κ2) is 8.73. The van der Waals surface area contributed by atoms with Crippen molar-refractivity contribution < 1.29 is 9.32 Å². The van der Waals surface area contributed by atoms with Gasteiger partial charge in [-0.2, -0.15) is 0 Å². The van der Waals surface area contributed by atoms with Crippen molar-refractivity contribution in [2.24, 2.45) is 0 Å². The summed E-state index contributed by atoms with van der Waals surface area (Å²) in [6.07, 6.45) is 0. The van der Waals surface area contributed by atoms with Crippen LogP contribution in [0, 0.1) is 13.8 Å². The van der Waals surface area contributed by atoms with Gasteiger partial charge >= 0.3 is 0 Å². The van der Waals surface area contributed by atoms with Crippen LogP contribution in [0.25, 0.3) is 17.1 Å². The van der Waals surface area contributed by atoms with E-state index in [-0.39, 0.29) is 11.7 Å². The molecule has 4 aromatic rings. The predicted octanol–water partition coefficient (Wildman–Crippen LogP) is 4.92. The van der Waals surface area contributed by atoms with Gasteiger partial charge in [-0.25, -0.2) is 0 Å². The van der Waals surface area contributed by atoms with Crippen LogP contribution in [0.1, 0.15) is 11.3 Å². The Hall–Kier alpha value is -3.10. The van der Waals surface area contributed by atoms with Gasteiger partial charge in [-0.15, -0.1) is 10.2 Å². The molecule has 0 radical (unpaired) electrons. The van der Waals surface area contributed by atoms with Crippen molar-refractivity contribution in [3.63, 3.8) is 0 Å². The molecule has 2 aromatic heterocycles. The number of nitrogens with one attached hydrogen (secondary N) is 1. The van der Waals surface area contributed by atoms with Gasteiger partial charge in [0, 0.05) is 22.3 Å². The fraction of sp³-hybridized carbons (Fsp3) is 0.143. The minimum atomic E-state index is -0.212. The molecule has 7 nitrogen and oxygen atoms in total. The highest BCUT2D eigenvalue weighted by Gasteiger charge is 2.18. The minimum absolute atomic E-state index is 0.144. The Bertz CT molecular complexity index is 1190. The molecule has 0 aliphatic rings. The monoisotopic (exact) mass is 439 g/mol. The van der Waals surface area contributed by atoms with Crippen molar-refractivity contribution in [3.8, 4) is 17.1 Å². The van der Waals surface area contributed by atoms with E-state index in [9.17, 15) is 4.79 Å². The van der Waals surface area contributed by atoms with E-state index in [2.05, 4.69) is 20.7 Å². The Morgan fingerprint density at radius 3 is 2.63 bits per heavy atom. The number of carbonyl (C=O) groups excluding carboxylic acids is 1. The number of benzene rings is 2. The topological polar surface area (TPSA) is 85.8 Å². The summed E-state index contributed by atoms with van der Waals surface area (Å²) in [6, 6.07) is 17.1. The van der Waals surface area contributed by atoms with Crippen molar-refractivity contribution in [1.29, 1.82) is 0 Å². The molecule has 0 bridgehead atoms. The van der Waals surface area contributed by atoms with E-state index in [4.69, 9.17) is 16.1 Å². The SMILES string of the molecule is Cc1cccc(-c2nnc(SCC(=O)Nc3cc(C)on3)n2-c2ccc(Cl)cc2)c1. The quantitative estimate of drug-likeness (QED) is 0.429. The van der Waals surface area contributed by atoms with Gasteiger partial charge < -0.3 is 9.84 Å². The first kappa shape index (κ1) is 20.2. The minimum Gasteiger partial charge on any atom is -0.360 e. The predicted molar refractivity (Wildman–Crippen MR) is 117 cm³/mol. The summed E-state index contributed by atoms with van der Waals surface area (Å²) in [5, 5.41) is 16.4. The van der Waals surface area contributed by atoms with Gasteiger partial charge in [-0.3, -0.25) is 9.36 Å². The maximum absolute atomic E-state index is 12.3. The normalized spacial score (nSPS) is 10.9. The third kappa shape index (κ3) is 4.55. The highest BCUT2D eigenvalue weighted by molar-refractivity contribution is 7.99. The van der Waals surface area contributed by atoms with Crippen molar-refractivity contribution in [2.45, 2.75) is 19.0 Å². The van der Waals surface area contributed by atoms with Gasteiger partial charge in [0.25, 0.3) is 0 Å². The van der Waals surface area contributed by atoms with Crippen LogP contribution in [-0.2, 0) is 4.79 Å². The number of aromatic nitrogens is 4. The molecule has 0 atom stereocenters. The summed E-state index contributed by atoms with van der Waals surface area (Å²) in [5.41, 5.74) is 2.91. The van der Waals surface area contributed by atoms with Crippen molar-refractivity contribution in [3.05, 3.63) is 70.9 Å². The molecule has 0 unspecified atom stereocenters. The van der Waals surface area contributed by atoms with Gasteiger partial charge in [0.2, 0.25) is 5.91 Å². The second-order valence-electron chi connectivity index (χ2n) is 6.65. The van der Waals surface area contributed by atoms with Gasteiger partial charge in [-0.05, 0) is 44.2 Å². The fourth-order valence-electron chi connectivity index (χ4n) is 2.89. The van der Waals surface area contributed by atoms with E-state index in [1.54, 1.807) is 13.0 Å². The standard InChI is InChI=1S/C21H18ClN5O2S/c1-13-4-3-5-15(10-13)20-24-25-21(27(20)17-8-6-16(22)7-9-17)30-12-19(28)23-18-11-14(2)29-26-18/h3-11H,12H2,1-2H3,(H,23,26,28). The Kier molecular flexibility index (Phi) is 5.87. The lowest BCUT2D eigenvalue weighted by Gasteiger charge is -2.11. The maximum Gasteiger partial charge on any atom is 0.236 e. The van der Waals surface area contributed by atoms with Crippen molar-refractivity contribution in [2.75, 3.05) is 11.1 Å². The van der Waals surface area contributed by atoms with E-state index in [0.29, 0.717) is 27.6 Å². The Balaban J connectivity index is 1.62. The zero-order chi connectivity index (χ0) is 21.1. The van der Waals surface area contributed by atoms with Crippen LogP contribution in [0.4, 0.5) is 5.82 Å². The molecular weight excluding hydrogens is 422 g/mol. The number of hydrogen-bond acceptors (Lipinski definition) is 6. The first-order chi connectivity index (χ1) is 14.5. The number of nitrogens with zero attached hydrogens (tertiary/aromatic N) is 4. The first-order valence-electron chi connectivity index (χ1n) is 9.14. The smallest absolute Gasteiger partial charge is 0.236 e. The average molecular weight is 440 g/mol. The summed E-state index contributed by atoms with van der Waals surface area (Å²) in [4.78, 5) is 12.3. The third-order valence-electron chi connectivity index (χ3n) is 4.22. The number of anilines is 1. The molecule has 0 aliphatic heterocycles. The number of carbonyl (C=O) groups is 1. The van der Waals surface area contributed by atoms with E-state index < -0.39 is 0 Å². The van der Waals surface area contributed by atoms with E-state index in [0.717, 1.165) is 16.8 Å². The maximum atomic E-state index is 12.3. The number of hydrogen-bond donors (Lipinski definition) is 1. The number of thioether (sulfide) groups is 1. The van der Waals surface area contributed by atoms with Crippen LogP contribution < -0.4 is 5.32 Å². The van der Waals surface area contributed by atoms with Gasteiger partial charge in [-0.1, -0.05) is 52.3 Å². The molecular formula is C21H18ClN5O2S. The Morgan fingerprint density at radius 2 is 1.93 bits per heavy atom. The molecule has 152 valence electrons. The van der Waals surface area contributed by atoms with Gasteiger partial charge in [0.1, 0.15) is 5.76 Å². The molecule has 0 fully saturated rings. The number of amides is 1. The van der Waals surface area contributed by atoms with Crippen LogP contribution in [0.15, 0.2) is 64.3 Å². The van der Waals surface area contributed by atoms with Crippen molar-refractivity contribution in [1.82, 2.24) is 19.9 Å². The molecule has 2 heterocycles. The first-order valence-corrected chi connectivity index (χ1v) is 10.5. The summed E-state index contributed by atoms with van der Waals surface area (Å²) in [6.45, 7) is 3.79. The van der Waals surface area contributed by atoms with Crippen LogP contribution in [-0.4, -0.2) is 31.6 Å². The molecule has 1 amide bonds. The third-order valence-corrected chi connectivity index (χ3v) is 5.40. The summed E-state index contributed by atoms with van der Waals surface area (Å²) < 4.78 is 6.89. The zero-order valence-electron chi connectivity index (χ0n) is 16.3. The molecule has 0 aliphatic carbocycles. The lowest BCUT2D eigenvalue weighted by molar-refractivity contribution is -0.113. The number of aryl methyl sites for hydroxylation is 2. The molecule has 9 heteroatoms. The van der Waals surface area contributed by atoms with E-state index in [1.807, 2.05) is 60.0 Å². The number of halogens is 1. The zero-order valence-corrected chi connectivity index (χ0v) is 17.9. The van der Waals surface area contributed by atoms with E-state index >= 15 is 0 Å². The molecule has 0 spiro atoms. The number of rotatable bonds is 6. The molecule has 4 rings (SSSR count). The summed E-state index contributed by atoms with van der Waals surface area (Å²) >= 11 is 7.35. The highest BCUT2D eigenvalue weighted by Crippen LogP contribution is 2.29.